The third-order valence-electron chi connectivity index (χ3n) is 7.23. The van der Waals surface area contributed by atoms with E-state index in [-0.39, 0.29) is 5.41 Å². The molecule has 6 rings (SSSR count). The van der Waals surface area contributed by atoms with Crippen molar-refractivity contribution in [2.45, 2.75) is 50.4 Å². The van der Waals surface area contributed by atoms with Crippen molar-refractivity contribution in [2.75, 3.05) is 5.32 Å². The number of halogens is 2. The summed E-state index contributed by atoms with van der Waals surface area (Å²) in [5.74, 6) is 2.76. The highest BCUT2D eigenvalue weighted by Gasteiger charge is 2.42. The molecule has 0 atom stereocenters. The molecule has 2 saturated carbocycles. The zero-order chi connectivity index (χ0) is 21.0. The Morgan fingerprint density at radius 3 is 2.58 bits per heavy atom. The molecule has 2 aliphatic rings. The summed E-state index contributed by atoms with van der Waals surface area (Å²) in [5, 5.41) is 5.59. The fraction of sp³-hybridized carbons (Fsp3) is 0.360. The molecule has 2 aromatic carbocycles. The van der Waals surface area contributed by atoms with Crippen LogP contribution in [0.2, 0.25) is 10.0 Å². The van der Waals surface area contributed by atoms with E-state index in [1.807, 2.05) is 24.3 Å². The zero-order valence-electron chi connectivity index (χ0n) is 17.2. The Hall–Kier alpha value is -2.30. The van der Waals surface area contributed by atoms with Gasteiger partial charge in [-0.05, 0) is 49.4 Å². The number of H-pyrrole nitrogens is 1. The number of fused-ring (bicyclic) bond motifs is 5. The van der Waals surface area contributed by atoms with Crippen molar-refractivity contribution in [1.82, 2.24) is 15.0 Å². The average molecular weight is 451 g/mol. The standard InChI is InChI=1S/C25H24Cl2N4/c26-18-10-9-16(13-19(18)27)28-23-22-21(17-7-1-2-8-20(17)29-23)30-24(31-22)25-11-3-5-15(14-25)6-4-12-25/h1-2,7-10,13,15H,3-6,11-12,14H2,(H,28,29)(H,30,31). The molecule has 2 fully saturated rings. The van der Waals surface area contributed by atoms with Gasteiger partial charge in [0.15, 0.2) is 5.82 Å². The van der Waals surface area contributed by atoms with Gasteiger partial charge in [0.2, 0.25) is 0 Å². The Morgan fingerprint density at radius 2 is 1.77 bits per heavy atom. The summed E-state index contributed by atoms with van der Waals surface area (Å²) in [7, 11) is 0. The number of hydrogen-bond donors (Lipinski definition) is 2. The Labute approximate surface area is 191 Å². The van der Waals surface area contributed by atoms with Crippen LogP contribution in [0.5, 0.6) is 0 Å². The first kappa shape index (κ1) is 19.4. The van der Waals surface area contributed by atoms with Gasteiger partial charge in [-0.2, -0.15) is 0 Å². The second kappa shape index (κ2) is 7.39. The molecule has 2 aromatic heterocycles. The average Bonchev–Trinajstić information content (AvgIpc) is 3.24. The van der Waals surface area contributed by atoms with E-state index in [9.17, 15) is 0 Å². The van der Waals surface area contributed by atoms with Gasteiger partial charge in [0.05, 0.1) is 15.6 Å². The molecule has 0 spiro atoms. The summed E-state index contributed by atoms with van der Waals surface area (Å²) in [4.78, 5) is 13.9. The molecule has 2 aliphatic carbocycles. The molecular weight excluding hydrogens is 427 g/mol. The van der Waals surface area contributed by atoms with Crippen molar-refractivity contribution >= 4 is 56.6 Å². The SMILES string of the molecule is Clc1ccc(Nc2nc3ccccc3c3nc(C45CCCC(CCC4)C5)[nH]c23)cc1Cl. The van der Waals surface area contributed by atoms with Crippen LogP contribution in [-0.4, -0.2) is 15.0 Å². The number of rotatable bonds is 3. The van der Waals surface area contributed by atoms with Gasteiger partial charge in [0.25, 0.3) is 0 Å². The van der Waals surface area contributed by atoms with Crippen LogP contribution in [0.25, 0.3) is 21.9 Å². The van der Waals surface area contributed by atoms with Gasteiger partial charge in [-0.1, -0.05) is 67.1 Å². The normalized spacial score (nSPS) is 23.4. The molecule has 4 aromatic rings. The van der Waals surface area contributed by atoms with Crippen LogP contribution < -0.4 is 5.32 Å². The second-order valence-electron chi connectivity index (χ2n) is 9.18. The summed E-state index contributed by atoms with van der Waals surface area (Å²) in [5.41, 5.74) is 3.91. The second-order valence-corrected chi connectivity index (χ2v) is 9.99. The van der Waals surface area contributed by atoms with Crippen LogP contribution in [0.4, 0.5) is 11.5 Å². The third kappa shape index (κ3) is 3.28. The number of benzene rings is 2. The van der Waals surface area contributed by atoms with Crippen LogP contribution in [-0.2, 0) is 5.41 Å². The van der Waals surface area contributed by atoms with Crippen molar-refractivity contribution in [3.8, 4) is 0 Å². The number of aromatic nitrogens is 3. The first-order valence-electron chi connectivity index (χ1n) is 11.1. The summed E-state index contributed by atoms with van der Waals surface area (Å²) in [6.45, 7) is 0. The molecule has 0 amide bonds. The molecule has 31 heavy (non-hydrogen) atoms. The maximum absolute atomic E-state index is 6.24. The van der Waals surface area contributed by atoms with Crippen LogP contribution in [0, 0.1) is 5.92 Å². The molecule has 0 unspecified atom stereocenters. The Kier molecular flexibility index (Phi) is 4.62. The molecule has 6 heteroatoms. The molecule has 158 valence electrons. The number of hydrogen-bond acceptors (Lipinski definition) is 3. The number of nitrogens with zero attached hydrogens (tertiary/aromatic N) is 2. The fourth-order valence-corrected chi connectivity index (χ4v) is 6.06. The van der Waals surface area contributed by atoms with Crippen molar-refractivity contribution in [3.63, 3.8) is 0 Å². The van der Waals surface area contributed by atoms with Gasteiger partial charge in [-0.15, -0.1) is 0 Å². The number of aromatic amines is 1. The minimum absolute atomic E-state index is 0.183. The van der Waals surface area contributed by atoms with E-state index in [2.05, 4.69) is 22.4 Å². The van der Waals surface area contributed by atoms with Gasteiger partial charge in [0.1, 0.15) is 16.9 Å². The third-order valence-corrected chi connectivity index (χ3v) is 7.97. The Morgan fingerprint density at radius 1 is 0.968 bits per heavy atom. The predicted octanol–water partition coefficient (Wildman–Crippen LogP) is 7.77. The molecule has 2 heterocycles. The Bertz CT molecular complexity index is 1290. The van der Waals surface area contributed by atoms with E-state index < -0.39 is 0 Å². The predicted molar refractivity (Wildman–Crippen MR) is 129 cm³/mol. The van der Waals surface area contributed by atoms with Gasteiger partial charge in [-0.3, -0.25) is 0 Å². The topological polar surface area (TPSA) is 53.6 Å². The van der Waals surface area contributed by atoms with E-state index in [0.29, 0.717) is 10.0 Å². The van der Waals surface area contributed by atoms with E-state index in [1.165, 1.54) is 44.9 Å². The van der Waals surface area contributed by atoms with E-state index in [4.69, 9.17) is 33.2 Å². The van der Waals surface area contributed by atoms with E-state index >= 15 is 0 Å². The van der Waals surface area contributed by atoms with Gasteiger partial charge in [-0.25, -0.2) is 9.97 Å². The highest BCUT2D eigenvalue weighted by molar-refractivity contribution is 6.42. The highest BCUT2D eigenvalue weighted by Crippen LogP contribution is 2.50. The van der Waals surface area contributed by atoms with Gasteiger partial charge < -0.3 is 10.3 Å². The first-order valence-corrected chi connectivity index (χ1v) is 11.9. The number of nitrogens with one attached hydrogen (secondary N) is 2. The summed E-state index contributed by atoms with van der Waals surface area (Å²) in [6.07, 6.45) is 9.06. The van der Waals surface area contributed by atoms with E-state index in [0.717, 1.165) is 45.2 Å². The summed E-state index contributed by atoms with van der Waals surface area (Å²) < 4.78 is 0. The van der Waals surface area contributed by atoms with Crippen molar-refractivity contribution in [3.05, 3.63) is 58.3 Å². The Balaban J connectivity index is 1.52. The van der Waals surface area contributed by atoms with Crippen LogP contribution in [0.3, 0.4) is 0 Å². The monoisotopic (exact) mass is 450 g/mol. The lowest BCUT2D eigenvalue weighted by Gasteiger charge is -2.44. The largest absolute Gasteiger partial charge is 0.338 e. The lowest BCUT2D eigenvalue weighted by atomic mass is 9.61. The molecule has 2 bridgehead atoms. The van der Waals surface area contributed by atoms with Crippen LogP contribution >= 0.6 is 23.2 Å². The number of pyridine rings is 1. The van der Waals surface area contributed by atoms with Gasteiger partial charge >= 0.3 is 0 Å². The smallest absolute Gasteiger partial charge is 0.157 e. The maximum atomic E-state index is 6.24. The van der Waals surface area contributed by atoms with Crippen molar-refractivity contribution in [1.29, 1.82) is 0 Å². The van der Waals surface area contributed by atoms with Crippen molar-refractivity contribution < 1.29 is 0 Å². The summed E-state index contributed by atoms with van der Waals surface area (Å²) >= 11 is 12.3. The zero-order valence-corrected chi connectivity index (χ0v) is 18.7. The fourth-order valence-electron chi connectivity index (χ4n) is 5.76. The number of imidazole rings is 1. The van der Waals surface area contributed by atoms with E-state index in [1.54, 1.807) is 6.07 Å². The highest BCUT2D eigenvalue weighted by atomic mass is 35.5. The number of anilines is 2. The molecule has 0 radical (unpaired) electrons. The number of para-hydroxylation sites is 1. The quantitative estimate of drug-likeness (QED) is 0.335. The first-order chi connectivity index (χ1) is 15.1. The minimum Gasteiger partial charge on any atom is -0.338 e. The lowest BCUT2D eigenvalue weighted by Crippen LogP contribution is -2.37. The molecule has 4 nitrogen and oxygen atoms in total. The molecular formula is C25H24Cl2N4. The molecule has 2 N–H and O–H groups in total. The maximum Gasteiger partial charge on any atom is 0.157 e. The molecule has 0 saturated heterocycles. The van der Waals surface area contributed by atoms with Crippen molar-refractivity contribution in [2.24, 2.45) is 5.92 Å². The minimum atomic E-state index is 0.183. The summed E-state index contributed by atoms with van der Waals surface area (Å²) in [6, 6.07) is 13.8. The van der Waals surface area contributed by atoms with Gasteiger partial charge in [0, 0.05) is 16.5 Å². The lowest BCUT2D eigenvalue weighted by molar-refractivity contribution is 0.142. The van der Waals surface area contributed by atoms with Crippen LogP contribution in [0.1, 0.15) is 50.8 Å². The van der Waals surface area contributed by atoms with Crippen LogP contribution in [0.15, 0.2) is 42.5 Å². The molecule has 0 aliphatic heterocycles.